The quantitative estimate of drug-likeness (QED) is 0.805. The first-order chi connectivity index (χ1) is 7.00. The molecule has 0 aliphatic rings. The first-order valence-corrected chi connectivity index (χ1v) is 5.63. The van der Waals surface area contributed by atoms with Crippen LogP contribution in [0.4, 0.5) is 0 Å². The Morgan fingerprint density at radius 2 is 2.00 bits per heavy atom. The van der Waals surface area contributed by atoms with Crippen molar-refractivity contribution in [3.05, 3.63) is 11.6 Å². The number of nitrogens with two attached hydrogens (primary N) is 1. The molecule has 0 aliphatic carbocycles. The molecule has 0 saturated heterocycles. The topological polar surface area (TPSA) is 56.7 Å². The first kappa shape index (κ1) is 12.2. The molecular formula is C11H22N4. The monoisotopic (exact) mass is 210 g/mol. The van der Waals surface area contributed by atoms with Gasteiger partial charge in [0.1, 0.15) is 11.6 Å². The molecule has 0 aliphatic heterocycles. The zero-order chi connectivity index (χ0) is 11.4. The van der Waals surface area contributed by atoms with Gasteiger partial charge in [-0.1, -0.05) is 13.3 Å². The van der Waals surface area contributed by atoms with E-state index in [-0.39, 0.29) is 0 Å². The van der Waals surface area contributed by atoms with Gasteiger partial charge in [-0.2, -0.15) is 5.10 Å². The number of aromatic nitrogens is 3. The van der Waals surface area contributed by atoms with Crippen molar-refractivity contribution < 1.29 is 0 Å². The second kappa shape index (κ2) is 5.26. The van der Waals surface area contributed by atoms with Crippen LogP contribution in [0.1, 0.15) is 50.7 Å². The molecule has 1 heterocycles. The summed E-state index contributed by atoms with van der Waals surface area (Å²) in [5.41, 5.74) is 5.72. The minimum atomic E-state index is 0.304. The number of hydrogen-bond acceptors (Lipinski definition) is 3. The van der Waals surface area contributed by atoms with E-state index in [1.807, 2.05) is 18.7 Å². The van der Waals surface area contributed by atoms with Crippen LogP contribution in [0.2, 0.25) is 0 Å². The predicted octanol–water partition coefficient (Wildman–Crippen LogP) is 1.74. The molecule has 2 atom stereocenters. The number of rotatable bonds is 5. The summed E-state index contributed by atoms with van der Waals surface area (Å²) in [6.45, 7) is 6.18. The molecule has 1 rings (SSSR count). The second-order valence-electron chi connectivity index (χ2n) is 4.45. The molecule has 0 amide bonds. The molecular weight excluding hydrogens is 188 g/mol. The van der Waals surface area contributed by atoms with E-state index in [4.69, 9.17) is 5.73 Å². The summed E-state index contributed by atoms with van der Waals surface area (Å²) in [7, 11) is 1.96. The summed E-state index contributed by atoms with van der Waals surface area (Å²) in [5.74, 6) is 2.40. The van der Waals surface area contributed by atoms with Gasteiger partial charge in [0.15, 0.2) is 0 Å². The highest BCUT2D eigenvalue weighted by Crippen LogP contribution is 2.19. The lowest BCUT2D eigenvalue weighted by atomic mass is 10.0. The highest BCUT2D eigenvalue weighted by molar-refractivity contribution is 4.97. The van der Waals surface area contributed by atoms with Gasteiger partial charge in [-0.15, -0.1) is 0 Å². The normalized spacial score (nSPS) is 15.3. The van der Waals surface area contributed by atoms with Gasteiger partial charge in [-0.3, -0.25) is 4.68 Å². The maximum absolute atomic E-state index is 5.72. The molecule has 2 N–H and O–H groups in total. The highest BCUT2D eigenvalue weighted by atomic mass is 15.3. The largest absolute Gasteiger partial charge is 0.328 e. The Morgan fingerprint density at radius 1 is 1.33 bits per heavy atom. The Bertz CT molecular complexity index is 304. The maximum Gasteiger partial charge on any atom is 0.147 e. The Labute approximate surface area is 91.9 Å². The van der Waals surface area contributed by atoms with Gasteiger partial charge in [0.25, 0.3) is 0 Å². The predicted molar refractivity (Wildman–Crippen MR) is 61.7 cm³/mol. The van der Waals surface area contributed by atoms with E-state index >= 15 is 0 Å². The van der Waals surface area contributed by atoms with E-state index < -0.39 is 0 Å². The van der Waals surface area contributed by atoms with Gasteiger partial charge >= 0.3 is 0 Å². The van der Waals surface area contributed by atoms with Crippen LogP contribution in [0.3, 0.4) is 0 Å². The Morgan fingerprint density at radius 3 is 2.47 bits per heavy atom. The SMILES string of the molecule is Cc1nc(C(C)CCCC(C)N)n(C)n1. The van der Waals surface area contributed by atoms with Crippen molar-refractivity contribution in [1.82, 2.24) is 14.8 Å². The van der Waals surface area contributed by atoms with Crippen LogP contribution in [0.5, 0.6) is 0 Å². The number of hydrogen-bond donors (Lipinski definition) is 1. The summed E-state index contributed by atoms with van der Waals surface area (Å²) in [5, 5.41) is 4.26. The van der Waals surface area contributed by atoms with E-state index in [0.29, 0.717) is 12.0 Å². The van der Waals surface area contributed by atoms with E-state index in [1.165, 1.54) is 0 Å². The molecule has 0 spiro atoms. The second-order valence-corrected chi connectivity index (χ2v) is 4.45. The zero-order valence-corrected chi connectivity index (χ0v) is 10.2. The summed E-state index contributed by atoms with van der Waals surface area (Å²) in [6.07, 6.45) is 3.37. The lowest BCUT2D eigenvalue weighted by Gasteiger charge is -2.11. The van der Waals surface area contributed by atoms with Crippen molar-refractivity contribution in [2.75, 3.05) is 0 Å². The first-order valence-electron chi connectivity index (χ1n) is 5.63. The molecule has 2 unspecified atom stereocenters. The Hall–Kier alpha value is -0.900. The lowest BCUT2D eigenvalue weighted by Crippen LogP contribution is -2.14. The van der Waals surface area contributed by atoms with Crippen LogP contribution in [0.15, 0.2) is 0 Å². The molecule has 1 aromatic rings. The van der Waals surface area contributed by atoms with E-state index in [1.54, 1.807) is 0 Å². The summed E-state index contributed by atoms with van der Waals surface area (Å²) in [6, 6.07) is 0.304. The van der Waals surface area contributed by atoms with Gasteiger partial charge < -0.3 is 5.73 Å². The minimum Gasteiger partial charge on any atom is -0.328 e. The smallest absolute Gasteiger partial charge is 0.147 e. The average Bonchev–Trinajstić information content (AvgIpc) is 2.44. The van der Waals surface area contributed by atoms with Crippen molar-refractivity contribution in [2.24, 2.45) is 12.8 Å². The van der Waals surface area contributed by atoms with Gasteiger partial charge in [0.2, 0.25) is 0 Å². The lowest BCUT2D eigenvalue weighted by molar-refractivity contribution is 0.525. The van der Waals surface area contributed by atoms with Crippen molar-refractivity contribution in [3.8, 4) is 0 Å². The minimum absolute atomic E-state index is 0.304. The van der Waals surface area contributed by atoms with Crippen molar-refractivity contribution >= 4 is 0 Å². The Balaban J connectivity index is 2.46. The molecule has 4 nitrogen and oxygen atoms in total. The molecule has 0 fully saturated rings. The number of aryl methyl sites for hydroxylation is 2. The molecule has 0 bridgehead atoms. The van der Waals surface area contributed by atoms with Crippen molar-refractivity contribution in [3.63, 3.8) is 0 Å². The zero-order valence-electron chi connectivity index (χ0n) is 10.2. The molecule has 0 radical (unpaired) electrons. The fraction of sp³-hybridized carbons (Fsp3) is 0.818. The average molecular weight is 210 g/mol. The molecule has 0 saturated carbocycles. The van der Waals surface area contributed by atoms with Gasteiger partial charge in [0.05, 0.1) is 0 Å². The van der Waals surface area contributed by atoms with Crippen molar-refractivity contribution in [1.29, 1.82) is 0 Å². The van der Waals surface area contributed by atoms with Gasteiger partial charge in [-0.05, 0) is 26.7 Å². The van der Waals surface area contributed by atoms with E-state index in [9.17, 15) is 0 Å². The summed E-state index contributed by atoms with van der Waals surface area (Å²) >= 11 is 0. The summed E-state index contributed by atoms with van der Waals surface area (Å²) in [4.78, 5) is 4.43. The van der Waals surface area contributed by atoms with Crippen LogP contribution in [0, 0.1) is 6.92 Å². The van der Waals surface area contributed by atoms with Crippen LogP contribution < -0.4 is 5.73 Å². The molecule has 86 valence electrons. The summed E-state index contributed by atoms with van der Waals surface area (Å²) < 4.78 is 1.88. The van der Waals surface area contributed by atoms with Crippen LogP contribution in [-0.4, -0.2) is 20.8 Å². The highest BCUT2D eigenvalue weighted by Gasteiger charge is 2.12. The fourth-order valence-electron chi connectivity index (χ4n) is 1.83. The van der Waals surface area contributed by atoms with Crippen LogP contribution in [-0.2, 0) is 7.05 Å². The molecule has 1 aromatic heterocycles. The van der Waals surface area contributed by atoms with Crippen molar-refractivity contribution in [2.45, 2.75) is 52.0 Å². The third-order valence-electron chi connectivity index (χ3n) is 2.64. The Kier molecular flexibility index (Phi) is 4.27. The fourth-order valence-corrected chi connectivity index (χ4v) is 1.83. The standard InChI is InChI=1S/C11H22N4/c1-8(6-5-7-9(2)12)11-13-10(3)14-15(11)4/h8-9H,5-7,12H2,1-4H3. The maximum atomic E-state index is 5.72. The van der Waals surface area contributed by atoms with Crippen LogP contribution in [0.25, 0.3) is 0 Å². The third kappa shape index (κ3) is 3.63. The molecule has 4 heteroatoms. The third-order valence-corrected chi connectivity index (χ3v) is 2.64. The van der Waals surface area contributed by atoms with Crippen LogP contribution >= 0.6 is 0 Å². The van der Waals surface area contributed by atoms with Gasteiger partial charge in [0, 0.05) is 19.0 Å². The molecule has 15 heavy (non-hydrogen) atoms. The van der Waals surface area contributed by atoms with E-state index in [0.717, 1.165) is 30.9 Å². The number of nitrogens with zero attached hydrogens (tertiary/aromatic N) is 3. The molecule has 0 aromatic carbocycles. The van der Waals surface area contributed by atoms with E-state index in [2.05, 4.69) is 23.9 Å². The van der Waals surface area contributed by atoms with Gasteiger partial charge in [-0.25, -0.2) is 4.98 Å².